The molecule has 2 aromatic rings. The minimum absolute atomic E-state index is 0.410. The molecule has 134 valence electrons. The van der Waals surface area contributed by atoms with Crippen molar-refractivity contribution in [3.8, 4) is 0 Å². The van der Waals surface area contributed by atoms with E-state index in [1.54, 1.807) is 6.92 Å². The minimum atomic E-state index is -6.21. The summed E-state index contributed by atoms with van der Waals surface area (Å²) in [4.78, 5) is 0. The summed E-state index contributed by atoms with van der Waals surface area (Å²) >= 11 is -6.21. The number of alkyl halides is 3. The number of hydrogen-bond acceptors (Lipinski definition) is 3. The second kappa shape index (κ2) is 6.64. The maximum absolute atomic E-state index is 15.7. The van der Waals surface area contributed by atoms with Gasteiger partial charge in [0, 0.05) is 0 Å². The molecular formula is C16H16F3IO3S-2. The number of benzene rings is 2. The van der Waals surface area contributed by atoms with Crippen molar-refractivity contribution >= 4 is 10.1 Å². The first kappa shape index (κ1) is 19.2. The van der Waals surface area contributed by atoms with Crippen molar-refractivity contribution in [1.82, 2.24) is 0 Å². The van der Waals surface area contributed by atoms with Crippen LogP contribution in [0.25, 0.3) is 0 Å². The average Bonchev–Trinajstić information content (AvgIpc) is 2.53. The Morgan fingerprint density at radius 1 is 1.00 bits per heavy atom. The molecule has 0 aliphatic rings. The zero-order valence-electron chi connectivity index (χ0n) is 13.0. The Balaban J connectivity index is 2.75. The van der Waals surface area contributed by atoms with Crippen LogP contribution in [0.4, 0.5) is 11.6 Å². The fourth-order valence-electron chi connectivity index (χ4n) is 2.11. The second-order valence-electron chi connectivity index (χ2n) is 5.17. The van der Waals surface area contributed by atoms with E-state index in [9.17, 15) is 21.8 Å². The molecule has 0 aliphatic heterocycles. The molecule has 0 heterocycles. The van der Waals surface area contributed by atoms with Crippen LogP contribution in [0.5, 0.6) is 0 Å². The molecule has 2 rings (SSSR count). The molecule has 0 radical (unpaired) electrons. The third kappa shape index (κ3) is 3.18. The van der Waals surface area contributed by atoms with E-state index in [0.29, 0.717) is 12.0 Å². The van der Waals surface area contributed by atoms with Crippen molar-refractivity contribution in [3.63, 3.8) is 0 Å². The fourth-order valence-corrected chi connectivity index (χ4v) is 10.7. The Labute approximate surface area is 143 Å². The van der Waals surface area contributed by atoms with Gasteiger partial charge in [-0.3, -0.25) is 0 Å². The Kier molecular flexibility index (Phi) is 5.31. The van der Waals surface area contributed by atoms with Crippen LogP contribution in [0.3, 0.4) is 0 Å². The van der Waals surface area contributed by atoms with E-state index in [0.717, 1.165) is 29.8 Å². The first-order chi connectivity index (χ1) is 11.0. The number of aryl methyl sites for hydroxylation is 2. The summed E-state index contributed by atoms with van der Waals surface area (Å²) in [5, 5.41) is 0. The van der Waals surface area contributed by atoms with E-state index >= 15 is 2.86 Å². The Morgan fingerprint density at radius 3 is 1.79 bits per heavy atom. The predicted molar refractivity (Wildman–Crippen MR) is 80.1 cm³/mol. The first-order valence-electron chi connectivity index (χ1n) is 7.00. The van der Waals surface area contributed by atoms with Gasteiger partial charge in [-0.1, -0.05) is 0 Å². The quantitative estimate of drug-likeness (QED) is 0.367. The van der Waals surface area contributed by atoms with Crippen LogP contribution in [0.15, 0.2) is 48.5 Å². The van der Waals surface area contributed by atoms with E-state index in [1.807, 2.05) is 6.92 Å². The van der Waals surface area contributed by atoms with Crippen molar-refractivity contribution in [2.45, 2.75) is 23.5 Å². The van der Waals surface area contributed by atoms with Crippen LogP contribution in [0.1, 0.15) is 18.1 Å². The molecule has 8 heteroatoms. The Morgan fingerprint density at radius 2 is 1.42 bits per heavy atom. The molecule has 0 fully saturated rings. The van der Waals surface area contributed by atoms with Gasteiger partial charge in [0.15, 0.2) is 0 Å². The fraction of sp³-hybridized carbons (Fsp3) is 0.250. The van der Waals surface area contributed by atoms with Gasteiger partial charge in [-0.25, -0.2) is 0 Å². The number of hydrogen-bond donors (Lipinski definition) is 0. The molecule has 0 saturated carbocycles. The molecule has 0 aromatic heterocycles. The third-order valence-electron chi connectivity index (χ3n) is 3.52. The van der Waals surface area contributed by atoms with Crippen LogP contribution >= 0.6 is 0 Å². The summed E-state index contributed by atoms with van der Waals surface area (Å²) in [6.45, 7) is 3.53. The summed E-state index contributed by atoms with van der Waals surface area (Å²) in [5.74, 6) is 0. The summed E-state index contributed by atoms with van der Waals surface area (Å²) in [7, 11) is -6.16. The molecule has 0 aliphatic carbocycles. The Hall–Kier alpha value is -1.13. The zero-order chi connectivity index (χ0) is 18.2. The monoisotopic (exact) mass is 472 g/mol. The molecule has 24 heavy (non-hydrogen) atoms. The van der Waals surface area contributed by atoms with E-state index in [1.165, 1.54) is 24.3 Å². The molecule has 3 nitrogen and oxygen atoms in total. The summed E-state index contributed by atoms with van der Waals surface area (Å²) in [6, 6.07) is 10.4. The summed E-state index contributed by atoms with van der Waals surface area (Å²) in [6.07, 6.45) is 0.618. The molecule has 2 aromatic carbocycles. The van der Waals surface area contributed by atoms with Crippen molar-refractivity contribution in [1.29, 1.82) is 0 Å². The van der Waals surface area contributed by atoms with Crippen molar-refractivity contribution in [3.05, 3.63) is 66.8 Å². The Bertz CT molecular complexity index is 821. The van der Waals surface area contributed by atoms with Gasteiger partial charge in [-0.15, -0.1) is 0 Å². The molecule has 1 unspecified atom stereocenters. The molecule has 1 atom stereocenters. The molecule has 0 amide bonds. The SMILES string of the molecule is CCc1ccc([I-](F)(c2ccc(C)cc2)C(F)(F)S(=O)(=O)[O-])cc1. The molecule has 0 bridgehead atoms. The molecule has 0 saturated heterocycles. The topological polar surface area (TPSA) is 57.2 Å². The molecular weight excluding hydrogens is 456 g/mol. The zero-order valence-corrected chi connectivity index (χ0v) is 15.9. The third-order valence-corrected chi connectivity index (χ3v) is 13.7. The van der Waals surface area contributed by atoms with Gasteiger partial charge >= 0.3 is 144 Å². The van der Waals surface area contributed by atoms with Crippen LogP contribution in [-0.4, -0.2) is 16.2 Å². The second-order valence-corrected chi connectivity index (χ2v) is 14.0. The summed E-state index contributed by atoms with van der Waals surface area (Å²) < 4.78 is 72.2. The summed E-state index contributed by atoms with van der Waals surface area (Å²) in [5.41, 5.74) is 1.50. The normalized spacial score (nSPS) is 16.4. The number of rotatable bonds is 5. The van der Waals surface area contributed by atoms with Crippen LogP contribution < -0.4 is 19.0 Å². The van der Waals surface area contributed by atoms with E-state index < -0.39 is 39.5 Å². The standard InChI is InChI=1S/C16H17F3IO3S/c1-3-13-6-10-15(11-7-13)20(19,16(17,18)24(21,22)23)14-8-4-12(2)5-9-14/h4-11H,3H2,1-2H3,(H,21,22,23)/q-1/p-1. The maximum atomic E-state index is 15.7. The van der Waals surface area contributed by atoms with Crippen LogP contribution in [0.2, 0.25) is 0 Å². The van der Waals surface area contributed by atoms with Crippen molar-refractivity contribution in [2.75, 3.05) is 0 Å². The van der Waals surface area contributed by atoms with Gasteiger partial charge in [0.1, 0.15) is 0 Å². The van der Waals surface area contributed by atoms with E-state index in [4.69, 9.17) is 0 Å². The van der Waals surface area contributed by atoms with Gasteiger partial charge < -0.3 is 0 Å². The van der Waals surface area contributed by atoms with Gasteiger partial charge in [0.05, 0.1) is 0 Å². The van der Waals surface area contributed by atoms with Crippen LogP contribution in [-0.2, 0) is 16.5 Å². The predicted octanol–water partition coefficient (Wildman–Crippen LogP) is 0.737. The first-order valence-corrected chi connectivity index (χ1v) is 12.5. The molecule has 0 N–H and O–H groups in total. The number of halogens is 4. The van der Waals surface area contributed by atoms with Gasteiger partial charge in [-0.2, -0.15) is 0 Å². The van der Waals surface area contributed by atoms with Gasteiger partial charge in [0.2, 0.25) is 0 Å². The van der Waals surface area contributed by atoms with Crippen LogP contribution in [0, 0.1) is 14.1 Å². The van der Waals surface area contributed by atoms with E-state index in [2.05, 4.69) is 0 Å². The average molecular weight is 472 g/mol. The van der Waals surface area contributed by atoms with Crippen molar-refractivity contribution in [2.24, 2.45) is 0 Å². The van der Waals surface area contributed by atoms with E-state index in [-0.39, 0.29) is 0 Å². The van der Waals surface area contributed by atoms with Gasteiger partial charge in [0.25, 0.3) is 0 Å². The van der Waals surface area contributed by atoms with Crippen molar-refractivity contribution < 1.29 is 43.6 Å². The molecule has 0 spiro atoms. The van der Waals surface area contributed by atoms with Gasteiger partial charge in [-0.05, 0) is 0 Å².